The lowest BCUT2D eigenvalue weighted by molar-refractivity contribution is 0.549. The van der Waals surface area contributed by atoms with Crippen LogP contribution in [0.15, 0.2) is 105 Å². The molecule has 25 heavy (non-hydrogen) atoms. The topological polar surface area (TPSA) is 72.8 Å². The van der Waals surface area contributed by atoms with Crippen molar-refractivity contribution in [3.05, 3.63) is 91.0 Å². The quantitative estimate of drug-likeness (QED) is 0.680. The van der Waals surface area contributed by atoms with Gasteiger partial charge in [0.1, 0.15) is 5.75 Å². The first-order valence-corrected chi connectivity index (χ1v) is 10.3. The Morgan fingerprint density at radius 3 is 1.56 bits per heavy atom. The summed E-state index contributed by atoms with van der Waals surface area (Å²) in [6.07, 6.45) is 0. The molecule has 0 aliphatic rings. The molecule has 0 saturated heterocycles. The van der Waals surface area contributed by atoms with Crippen molar-refractivity contribution >= 4 is 20.0 Å². The molecule has 0 heterocycles. The van der Waals surface area contributed by atoms with Crippen molar-refractivity contribution in [3.63, 3.8) is 0 Å². The molecule has 0 fully saturated rings. The molecule has 128 valence electrons. The summed E-state index contributed by atoms with van der Waals surface area (Å²) in [5.41, 5.74) is 0. The fourth-order valence-corrected chi connectivity index (χ4v) is 5.38. The van der Waals surface area contributed by atoms with E-state index in [1.807, 2.05) is 0 Å². The summed E-state index contributed by atoms with van der Waals surface area (Å²) in [4.78, 5) is 0.133. The van der Waals surface area contributed by atoms with Gasteiger partial charge in [0.2, 0.25) is 0 Å². The van der Waals surface area contributed by atoms with E-state index in [9.17, 15) is 12.6 Å². The highest BCUT2D eigenvalue weighted by Crippen LogP contribution is 2.23. The summed E-state index contributed by atoms with van der Waals surface area (Å²) in [5.74, 6) is 0.267. The van der Waals surface area contributed by atoms with E-state index in [4.69, 9.17) is 4.18 Å². The standard InChI is InChI=1S/C18H15NO4S2/c20-24(21,17-12-6-2-7-13-17)19-25(22,18-14-8-3-9-15-18)23-16-10-4-1-5-11-16/h1-15H/t25-/m1/s1. The Hall–Kier alpha value is -2.64. The maximum Gasteiger partial charge on any atom is 0.292 e. The first-order chi connectivity index (χ1) is 12.0. The minimum absolute atomic E-state index is 0.0460. The summed E-state index contributed by atoms with van der Waals surface area (Å²) in [6, 6.07) is 24.1. The highest BCUT2D eigenvalue weighted by molar-refractivity contribution is 8.01. The molecule has 0 N–H and O–H groups in total. The van der Waals surface area contributed by atoms with Crippen LogP contribution in [0.3, 0.4) is 0 Å². The van der Waals surface area contributed by atoms with E-state index in [2.05, 4.69) is 3.77 Å². The molecule has 0 spiro atoms. The Bertz CT molecular complexity index is 1060. The molecule has 0 aromatic heterocycles. The van der Waals surface area contributed by atoms with Crippen molar-refractivity contribution in [2.75, 3.05) is 0 Å². The molecule has 0 radical (unpaired) electrons. The minimum atomic E-state index is -4.16. The zero-order chi connectivity index (χ0) is 17.8. The lowest BCUT2D eigenvalue weighted by Crippen LogP contribution is -2.13. The molecule has 5 nitrogen and oxygen atoms in total. The molecular weight excluding hydrogens is 358 g/mol. The molecule has 0 amide bonds. The van der Waals surface area contributed by atoms with Gasteiger partial charge < -0.3 is 4.18 Å². The Morgan fingerprint density at radius 1 is 0.600 bits per heavy atom. The van der Waals surface area contributed by atoms with Gasteiger partial charge in [0.15, 0.2) is 0 Å². The van der Waals surface area contributed by atoms with E-state index in [0.717, 1.165) is 0 Å². The van der Waals surface area contributed by atoms with E-state index < -0.39 is 20.0 Å². The lowest BCUT2D eigenvalue weighted by Gasteiger charge is -2.12. The number of benzene rings is 3. The molecule has 3 aromatic carbocycles. The van der Waals surface area contributed by atoms with Crippen LogP contribution in [0.4, 0.5) is 0 Å². The van der Waals surface area contributed by atoms with Gasteiger partial charge in [0.05, 0.1) is 9.79 Å². The highest BCUT2D eigenvalue weighted by Gasteiger charge is 2.22. The Morgan fingerprint density at radius 2 is 1.04 bits per heavy atom. The molecule has 7 heteroatoms. The molecule has 1 atom stereocenters. The first kappa shape index (κ1) is 17.2. The number of hydrogen-bond acceptors (Lipinski definition) is 4. The smallest absolute Gasteiger partial charge is 0.292 e. The van der Waals surface area contributed by atoms with E-state index in [-0.39, 0.29) is 15.5 Å². The van der Waals surface area contributed by atoms with Crippen LogP contribution in [0.2, 0.25) is 0 Å². The van der Waals surface area contributed by atoms with Gasteiger partial charge >= 0.3 is 0 Å². The second-order valence-electron chi connectivity index (χ2n) is 5.05. The van der Waals surface area contributed by atoms with Crippen molar-refractivity contribution in [3.8, 4) is 5.75 Å². The number of nitrogens with zero attached hydrogens (tertiary/aromatic N) is 1. The third-order valence-electron chi connectivity index (χ3n) is 3.23. The van der Waals surface area contributed by atoms with Gasteiger partial charge in [-0.2, -0.15) is 8.42 Å². The van der Waals surface area contributed by atoms with Crippen molar-refractivity contribution in [1.29, 1.82) is 0 Å². The average Bonchev–Trinajstić information content (AvgIpc) is 2.63. The molecule has 0 aliphatic heterocycles. The maximum absolute atomic E-state index is 13.4. The highest BCUT2D eigenvalue weighted by atomic mass is 32.3. The number of para-hydroxylation sites is 1. The first-order valence-electron chi connectivity index (χ1n) is 7.38. The fraction of sp³-hybridized carbons (Fsp3) is 0. The van der Waals surface area contributed by atoms with Gasteiger partial charge in [0, 0.05) is 0 Å². The van der Waals surface area contributed by atoms with Gasteiger partial charge in [-0.1, -0.05) is 58.4 Å². The number of sulfonamides is 1. The molecule has 0 bridgehead atoms. The molecule has 0 saturated carbocycles. The van der Waals surface area contributed by atoms with E-state index in [1.165, 1.54) is 24.3 Å². The van der Waals surface area contributed by atoms with Gasteiger partial charge in [-0.3, -0.25) is 0 Å². The SMILES string of the molecule is O=S(=O)(N=[S@](=O)(Oc1ccccc1)c1ccccc1)c1ccccc1. The van der Waals surface area contributed by atoms with Crippen LogP contribution in [0, 0.1) is 0 Å². The van der Waals surface area contributed by atoms with Gasteiger partial charge in [-0.25, -0.2) is 4.21 Å². The monoisotopic (exact) mass is 373 g/mol. The lowest BCUT2D eigenvalue weighted by atomic mass is 10.3. The Labute approximate surface area is 147 Å². The molecular formula is C18H15NO4S2. The Balaban J connectivity index is 2.17. The summed E-state index contributed by atoms with van der Waals surface area (Å²) >= 11 is 0. The van der Waals surface area contributed by atoms with Crippen molar-refractivity contribution in [1.82, 2.24) is 0 Å². The fourth-order valence-electron chi connectivity index (χ4n) is 2.07. The molecule has 0 aliphatic carbocycles. The molecule has 3 aromatic rings. The van der Waals surface area contributed by atoms with Crippen LogP contribution in [-0.2, 0) is 20.0 Å². The summed E-state index contributed by atoms with van der Waals surface area (Å²) < 4.78 is 47.7. The third-order valence-corrected chi connectivity index (χ3v) is 6.95. The Kier molecular flexibility index (Phi) is 4.87. The van der Waals surface area contributed by atoms with E-state index in [1.54, 1.807) is 66.7 Å². The van der Waals surface area contributed by atoms with Crippen LogP contribution in [0.25, 0.3) is 0 Å². The van der Waals surface area contributed by atoms with Gasteiger partial charge in [-0.05, 0) is 36.4 Å². The largest absolute Gasteiger partial charge is 0.392 e. The summed E-state index contributed by atoms with van der Waals surface area (Å²) in [7, 11) is -7.85. The second-order valence-corrected chi connectivity index (χ2v) is 8.65. The average molecular weight is 373 g/mol. The van der Waals surface area contributed by atoms with Crippen LogP contribution >= 0.6 is 0 Å². The van der Waals surface area contributed by atoms with Crippen molar-refractivity contribution in [2.24, 2.45) is 3.77 Å². The zero-order valence-electron chi connectivity index (χ0n) is 13.1. The van der Waals surface area contributed by atoms with Crippen LogP contribution in [0.5, 0.6) is 5.75 Å². The van der Waals surface area contributed by atoms with Crippen LogP contribution in [-0.4, -0.2) is 12.6 Å². The van der Waals surface area contributed by atoms with E-state index >= 15 is 0 Å². The summed E-state index contributed by atoms with van der Waals surface area (Å²) in [5, 5.41) is 0. The van der Waals surface area contributed by atoms with Crippen molar-refractivity contribution in [2.45, 2.75) is 9.79 Å². The second kappa shape index (κ2) is 7.08. The van der Waals surface area contributed by atoms with E-state index in [0.29, 0.717) is 0 Å². The predicted octanol–water partition coefficient (Wildman–Crippen LogP) is 3.90. The maximum atomic E-state index is 13.4. The minimum Gasteiger partial charge on any atom is -0.392 e. The van der Waals surface area contributed by atoms with Gasteiger partial charge in [0.25, 0.3) is 20.0 Å². The number of hydrogen-bond donors (Lipinski definition) is 0. The predicted molar refractivity (Wildman–Crippen MR) is 96.0 cm³/mol. The third kappa shape index (κ3) is 4.07. The summed E-state index contributed by atoms with van der Waals surface area (Å²) in [6.45, 7) is 0. The normalized spacial score (nSPS) is 13.6. The van der Waals surface area contributed by atoms with Crippen LogP contribution < -0.4 is 4.18 Å². The number of rotatable bonds is 5. The molecule has 3 rings (SSSR count). The van der Waals surface area contributed by atoms with Crippen molar-refractivity contribution < 1.29 is 16.8 Å². The molecule has 0 unspecified atom stereocenters. The zero-order valence-corrected chi connectivity index (χ0v) is 14.7. The van der Waals surface area contributed by atoms with Gasteiger partial charge in [-0.15, -0.1) is 0 Å². The van der Waals surface area contributed by atoms with Crippen LogP contribution in [0.1, 0.15) is 0 Å².